The first-order valence-electron chi connectivity index (χ1n) is 6.81. The molecule has 20 heavy (non-hydrogen) atoms. The molecule has 0 bridgehead atoms. The second-order valence-electron chi connectivity index (χ2n) is 7.09. The van der Waals surface area contributed by atoms with Crippen molar-refractivity contribution >= 4 is 12.0 Å². The van der Waals surface area contributed by atoms with Crippen LogP contribution in [0.25, 0.3) is 0 Å². The minimum Gasteiger partial charge on any atom is -0.444 e. The van der Waals surface area contributed by atoms with Gasteiger partial charge in [0, 0.05) is 26.6 Å². The summed E-state index contributed by atoms with van der Waals surface area (Å²) in [7, 11) is 0. The van der Waals surface area contributed by atoms with E-state index >= 15 is 0 Å². The van der Waals surface area contributed by atoms with E-state index in [1.807, 2.05) is 20.8 Å². The molecule has 1 rings (SSSR count). The van der Waals surface area contributed by atoms with Crippen molar-refractivity contribution in [3.05, 3.63) is 0 Å². The summed E-state index contributed by atoms with van der Waals surface area (Å²) in [5, 5.41) is 13.0. The van der Waals surface area contributed by atoms with Crippen molar-refractivity contribution in [3.8, 4) is 0 Å². The average Bonchev–Trinajstić information content (AvgIpc) is 2.09. The lowest BCUT2D eigenvalue weighted by molar-refractivity contribution is -0.141. The molecule has 0 aromatic carbocycles. The molecule has 1 heterocycles. The molecule has 116 valence electrons. The Kier molecular flexibility index (Phi) is 4.39. The van der Waals surface area contributed by atoms with Crippen LogP contribution in [0.2, 0.25) is 0 Å². The van der Waals surface area contributed by atoms with E-state index in [1.54, 1.807) is 18.7 Å². The highest BCUT2D eigenvalue weighted by Gasteiger charge is 2.55. The van der Waals surface area contributed by atoms with E-state index in [4.69, 9.17) is 4.74 Å². The van der Waals surface area contributed by atoms with Gasteiger partial charge in [-0.25, -0.2) is 4.79 Å². The summed E-state index contributed by atoms with van der Waals surface area (Å²) in [6.07, 6.45) is -0.389. The Morgan fingerprint density at radius 2 is 1.75 bits per heavy atom. The average molecular weight is 286 g/mol. The van der Waals surface area contributed by atoms with Crippen molar-refractivity contribution in [1.29, 1.82) is 0 Å². The molecule has 0 aromatic heterocycles. The van der Waals surface area contributed by atoms with Gasteiger partial charge in [0.2, 0.25) is 5.91 Å². The van der Waals surface area contributed by atoms with E-state index in [2.05, 4.69) is 5.32 Å². The monoisotopic (exact) mass is 286 g/mol. The van der Waals surface area contributed by atoms with Gasteiger partial charge in [-0.1, -0.05) is 0 Å². The molecular weight excluding hydrogens is 260 g/mol. The Hall–Kier alpha value is -1.30. The molecule has 2 N–H and O–H groups in total. The molecule has 1 aliphatic rings. The number of carbonyl (C=O) groups is 2. The summed E-state index contributed by atoms with van der Waals surface area (Å²) in [6, 6.07) is 0. The van der Waals surface area contributed by atoms with Crippen LogP contribution in [0.3, 0.4) is 0 Å². The lowest BCUT2D eigenvalue weighted by Gasteiger charge is -2.55. The molecular formula is C14H26N2O4. The number of rotatable bonds is 3. The van der Waals surface area contributed by atoms with Crippen molar-refractivity contribution in [2.24, 2.45) is 5.41 Å². The molecule has 0 radical (unpaired) electrons. The van der Waals surface area contributed by atoms with Gasteiger partial charge in [-0.2, -0.15) is 0 Å². The molecule has 6 nitrogen and oxygen atoms in total. The second-order valence-corrected chi connectivity index (χ2v) is 7.09. The predicted octanol–water partition coefficient (Wildman–Crippen LogP) is 1.13. The van der Waals surface area contributed by atoms with Gasteiger partial charge in [-0.15, -0.1) is 0 Å². The van der Waals surface area contributed by atoms with Crippen molar-refractivity contribution in [1.82, 2.24) is 10.2 Å². The van der Waals surface area contributed by atoms with Crippen molar-refractivity contribution in [2.45, 2.75) is 52.7 Å². The zero-order valence-electron chi connectivity index (χ0n) is 13.2. The van der Waals surface area contributed by atoms with Crippen LogP contribution in [0.15, 0.2) is 0 Å². The van der Waals surface area contributed by atoms with Gasteiger partial charge in [0.05, 0.1) is 11.0 Å². The molecule has 0 unspecified atom stereocenters. The van der Waals surface area contributed by atoms with Gasteiger partial charge >= 0.3 is 6.09 Å². The first kappa shape index (κ1) is 16.8. The van der Waals surface area contributed by atoms with Crippen LogP contribution < -0.4 is 5.32 Å². The fourth-order valence-corrected chi connectivity index (χ4v) is 2.15. The zero-order valence-corrected chi connectivity index (χ0v) is 13.2. The standard InChI is InChI=1S/C14H26N2O4/c1-10(17)15-7-14(13(5,6)19)8-16(9-14)11(18)20-12(2,3)4/h19H,7-9H2,1-6H3,(H,15,17). The molecule has 6 heteroatoms. The highest BCUT2D eigenvalue weighted by molar-refractivity contribution is 5.73. The largest absolute Gasteiger partial charge is 0.444 e. The molecule has 1 fully saturated rings. The fourth-order valence-electron chi connectivity index (χ4n) is 2.15. The summed E-state index contributed by atoms with van der Waals surface area (Å²) in [5.74, 6) is -0.149. The number of hydrogen-bond acceptors (Lipinski definition) is 4. The first-order chi connectivity index (χ1) is 8.86. The molecule has 1 aliphatic heterocycles. The summed E-state index contributed by atoms with van der Waals surface area (Å²) < 4.78 is 5.29. The molecule has 0 aliphatic carbocycles. The van der Waals surface area contributed by atoms with E-state index in [1.165, 1.54) is 6.92 Å². The van der Waals surface area contributed by atoms with Crippen molar-refractivity contribution in [2.75, 3.05) is 19.6 Å². The van der Waals surface area contributed by atoms with Gasteiger partial charge in [0.25, 0.3) is 0 Å². The quantitative estimate of drug-likeness (QED) is 0.815. The van der Waals surface area contributed by atoms with E-state index in [0.29, 0.717) is 19.6 Å². The van der Waals surface area contributed by atoms with Gasteiger partial charge in [0.1, 0.15) is 5.60 Å². The SMILES string of the molecule is CC(=O)NCC1(C(C)(C)O)CN(C(=O)OC(C)(C)C)C1. The van der Waals surface area contributed by atoms with Crippen LogP contribution in [0, 0.1) is 5.41 Å². The second kappa shape index (κ2) is 5.24. The number of nitrogens with zero attached hydrogens (tertiary/aromatic N) is 1. The van der Waals surface area contributed by atoms with Crippen LogP contribution >= 0.6 is 0 Å². The minimum atomic E-state index is -0.992. The maximum absolute atomic E-state index is 11.9. The lowest BCUT2D eigenvalue weighted by atomic mass is 9.67. The number of aliphatic hydroxyl groups is 1. The van der Waals surface area contributed by atoms with E-state index in [9.17, 15) is 14.7 Å². The van der Waals surface area contributed by atoms with E-state index in [-0.39, 0.29) is 12.0 Å². The third-order valence-corrected chi connectivity index (χ3v) is 3.61. The first-order valence-corrected chi connectivity index (χ1v) is 6.81. The molecule has 0 saturated carbocycles. The van der Waals surface area contributed by atoms with Crippen LogP contribution in [-0.4, -0.2) is 52.8 Å². The number of nitrogens with one attached hydrogen (secondary N) is 1. The van der Waals surface area contributed by atoms with Crippen LogP contribution in [0.4, 0.5) is 4.79 Å². The molecule has 0 aromatic rings. The predicted molar refractivity (Wildman–Crippen MR) is 75.2 cm³/mol. The van der Waals surface area contributed by atoms with E-state index < -0.39 is 16.6 Å². The van der Waals surface area contributed by atoms with Gasteiger partial charge in [-0.05, 0) is 34.6 Å². The van der Waals surface area contributed by atoms with Crippen LogP contribution in [-0.2, 0) is 9.53 Å². The molecule has 2 amide bonds. The Morgan fingerprint density at radius 1 is 1.25 bits per heavy atom. The number of likely N-dealkylation sites (tertiary alicyclic amines) is 1. The van der Waals surface area contributed by atoms with Gasteiger partial charge in [-0.3, -0.25) is 4.79 Å². The van der Waals surface area contributed by atoms with Crippen molar-refractivity contribution < 1.29 is 19.4 Å². The smallest absolute Gasteiger partial charge is 0.410 e. The molecule has 0 atom stereocenters. The minimum absolute atomic E-state index is 0.149. The van der Waals surface area contributed by atoms with Crippen LogP contribution in [0.1, 0.15) is 41.5 Å². The van der Waals surface area contributed by atoms with Crippen molar-refractivity contribution in [3.63, 3.8) is 0 Å². The number of ether oxygens (including phenoxy) is 1. The van der Waals surface area contributed by atoms with Gasteiger partial charge in [0.15, 0.2) is 0 Å². The fraction of sp³-hybridized carbons (Fsp3) is 0.857. The van der Waals surface area contributed by atoms with E-state index in [0.717, 1.165) is 0 Å². The summed E-state index contributed by atoms with van der Waals surface area (Å²) in [4.78, 5) is 24.5. The Bertz CT molecular complexity index is 387. The molecule has 0 spiro atoms. The Labute approximate surface area is 120 Å². The Balaban J connectivity index is 2.67. The highest BCUT2D eigenvalue weighted by Crippen LogP contribution is 2.40. The normalized spacial score (nSPS) is 18.2. The molecule has 1 saturated heterocycles. The Morgan fingerprint density at radius 3 is 2.10 bits per heavy atom. The number of carbonyl (C=O) groups excluding carboxylic acids is 2. The highest BCUT2D eigenvalue weighted by atomic mass is 16.6. The summed E-state index contributed by atoms with van der Waals surface area (Å²) in [5.41, 5.74) is -2.06. The third kappa shape index (κ3) is 3.85. The maximum Gasteiger partial charge on any atom is 0.410 e. The number of amides is 2. The summed E-state index contributed by atoms with van der Waals surface area (Å²) in [6.45, 7) is 11.3. The maximum atomic E-state index is 11.9. The lowest BCUT2D eigenvalue weighted by Crippen LogP contribution is -2.70. The van der Waals surface area contributed by atoms with Crippen LogP contribution in [0.5, 0.6) is 0 Å². The topological polar surface area (TPSA) is 78.9 Å². The summed E-state index contributed by atoms with van der Waals surface area (Å²) >= 11 is 0. The number of hydrogen-bond donors (Lipinski definition) is 2. The van der Waals surface area contributed by atoms with Gasteiger partial charge < -0.3 is 20.1 Å². The third-order valence-electron chi connectivity index (χ3n) is 3.61. The zero-order chi connectivity index (χ0) is 15.8.